The van der Waals surface area contributed by atoms with Gasteiger partial charge in [0.15, 0.2) is 0 Å². The van der Waals surface area contributed by atoms with Gasteiger partial charge in [0, 0.05) is 12.7 Å². The largest absolute Gasteiger partial charge is 0.311 e. The van der Waals surface area contributed by atoms with Gasteiger partial charge >= 0.3 is 0 Å². The summed E-state index contributed by atoms with van der Waals surface area (Å²) in [7, 11) is 0. The summed E-state index contributed by atoms with van der Waals surface area (Å²) in [4.78, 5) is 4.26. The molecule has 11 heavy (non-hydrogen) atoms. The van der Waals surface area contributed by atoms with Crippen LogP contribution in [0.4, 0.5) is 0 Å². The molecular formula is C8H11ClN2. The topological polar surface area (TPSA) is 24.9 Å². The zero-order chi connectivity index (χ0) is 6.81. The molecule has 0 amide bonds. The summed E-state index contributed by atoms with van der Waals surface area (Å²) in [5.74, 6) is 0. The number of halogens is 1. The lowest BCUT2D eigenvalue weighted by Crippen LogP contribution is -2.24. The fourth-order valence-electron chi connectivity index (χ4n) is 1.29. The minimum absolute atomic E-state index is 0. The Labute approximate surface area is 72.4 Å². The molecule has 2 heterocycles. The van der Waals surface area contributed by atoms with E-state index in [1.807, 2.05) is 12.3 Å². The Bertz CT molecular complexity index is 212. The maximum absolute atomic E-state index is 4.26. The number of hydrogen-bond acceptors (Lipinski definition) is 2. The van der Waals surface area contributed by atoms with Gasteiger partial charge in [-0.15, -0.1) is 12.4 Å². The highest BCUT2D eigenvalue weighted by Crippen LogP contribution is 2.08. The lowest BCUT2D eigenvalue weighted by atomic mass is 10.1. The second-order valence-corrected chi connectivity index (χ2v) is 2.54. The quantitative estimate of drug-likeness (QED) is 0.632. The van der Waals surface area contributed by atoms with Gasteiger partial charge in [-0.1, -0.05) is 6.07 Å². The third-order valence-electron chi connectivity index (χ3n) is 1.85. The van der Waals surface area contributed by atoms with E-state index in [2.05, 4.69) is 16.4 Å². The highest BCUT2D eigenvalue weighted by molar-refractivity contribution is 5.85. The van der Waals surface area contributed by atoms with Crippen LogP contribution in [0.15, 0.2) is 18.3 Å². The number of nitrogens with one attached hydrogen (secondary N) is 1. The molecule has 3 heteroatoms. The second-order valence-electron chi connectivity index (χ2n) is 2.54. The van der Waals surface area contributed by atoms with Crippen LogP contribution in [0.5, 0.6) is 0 Å². The Morgan fingerprint density at radius 3 is 3.18 bits per heavy atom. The van der Waals surface area contributed by atoms with Crippen LogP contribution in [0.2, 0.25) is 0 Å². The van der Waals surface area contributed by atoms with Gasteiger partial charge < -0.3 is 5.32 Å². The molecule has 0 saturated heterocycles. The molecule has 1 aliphatic heterocycles. The molecule has 0 unspecified atom stereocenters. The molecule has 0 fully saturated rings. The number of fused-ring (bicyclic) bond motifs is 1. The highest BCUT2D eigenvalue weighted by Gasteiger charge is 2.06. The van der Waals surface area contributed by atoms with Crippen molar-refractivity contribution < 1.29 is 0 Å². The molecular weight excluding hydrogens is 160 g/mol. The van der Waals surface area contributed by atoms with E-state index in [9.17, 15) is 0 Å². The normalized spacial score (nSPS) is 14.9. The van der Waals surface area contributed by atoms with E-state index < -0.39 is 0 Å². The molecule has 2 rings (SSSR count). The van der Waals surface area contributed by atoms with Crippen LogP contribution < -0.4 is 5.32 Å². The van der Waals surface area contributed by atoms with Crippen molar-refractivity contribution in [2.45, 2.75) is 13.0 Å². The van der Waals surface area contributed by atoms with E-state index >= 15 is 0 Å². The molecule has 0 aliphatic carbocycles. The zero-order valence-electron chi connectivity index (χ0n) is 6.21. The van der Waals surface area contributed by atoms with E-state index in [1.165, 1.54) is 11.3 Å². The minimum Gasteiger partial charge on any atom is -0.311 e. The first-order valence-corrected chi connectivity index (χ1v) is 3.60. The van der Waals surface area contributed by atoms with Crippen molar-refractivity contribution in [2.24, 2.45) is 0 Å². The smallest absolute Gasteiger partial charge is 0.0574 e. The van der Waals surface area contributed by atoms with E-state index in [-0.39, 0.29) is 12.4 Å². The predicted molar refractivity (Wildman–Crippen MR) is 46.9 cm³/mol. The van der Waals surface area contributed by atoms with Crippen LogP contribution >= 0.6 is 12.4 Å². The van der Waals surface area contributed by atoms with Crippen molar-refractivity contribution in [3.05, 3.63) is 29.6 Å². The van der Waals surface area contributed by atoms with Crippen LogP contribution in [0.25, 0.3) is 0 Å². The molecule has 1 aromatic heterocycles. The van der Waals surface area contributed by atoms with Crippen molar-refractivity contribution in [2.75, 3.05) is 6.54 Å². The van der Waals surface area contributed by atoms with Gasteiger partial charge in [-0.2, -0.15) is 0 Å². The summed E-state index contributed by atoms with van der Waals surface area (Å²) in [5, 5.41) is 3.28. The number of nitrogens with zero attached hydrogens (tertiary/aromatic N) is 1. The SMILES string of the molecule is Cl.c1cnc2c(c1)CCNC2. The molecule has 0 aromatic carbocycles. The summed E-state index contributed by atoms with van der Waals surface area (Å²) < 4.78 is 0. The van der Waals surface area contributed by atoms with Crippen molar-refractivity contribution in [1.29, 1.82) is 0 Å². The number of rotatable bonds is 0. The molecule has 2 nitrogen and oxygen atoms in total. The maximum atomic E-state index is 4.26. The summed E-state index contributed by atoms with van der Waals surface area (Å²) in [6.45, 7) is 2.04. The first-order chi connectivity index (χ1) is 4.97. The Hall–Kier alpha value is -0.600. The molecule has 1 aliphatic rings. The molecule has 0 spiro atoms. The van der Waals surface area contributed by atoms with Crippen molar-refractivity contribution in [3.63, 3.8) is 0 Å². The molecule has 1 N–H and O–H groups in total. The third-order valence-corrected chi connectivity index (χ3v) is 1.85. The van der Waals surface area contributed by atoms with Gasteiger partial charge in [0.25, 0.3) is 0 Å². The fourth-order valence-corrected chi connectivity index (χ4v) is 1.29. The Balaban J connectivity index is 0.000000605. The Morgan fingerprint density at radius 2 is 2.36 bits per heavy atom. The average molecular weight is 171 g/mol. The summed E-state index contributed by atoms with van der Waals surface area (Å²) in [6.07, 6.45) is 2.98. The lowest BCUT2D eigenvalue weighted by Gasteiger charge is -2.14. The average Bonchev–Trinajstić information content (AvgIpc) is 2.05. The van der Waals surface area contributed by atoms with Gasteiger partial charge in [-0.3, -0.25) is 4.98 Å². The van der Waals surface area contributed by atoms with Crippen LogP contribution in [0.3, 0.4) is 0 Å². The summed E-state index contributed by atoms with van der Waals surface area (Å²) >= 11 is 0. The molecule has 0 radical (unpaired) electrons. The highest BCUT2D eigenvalue weighted by atomic mass is 35.5. The first kappa shape index (κ1) is 8.50. The maximum Gasteiger partial charge on any atom is 0.0574 e. The monoisotopic (exact) mass is 170 g/mol. The Kier molecular flexibility index (Phi) is 2.85. The minimum atomic E-state index is 0. The van der Waals surface area contributed by atoms with Crippen LogP contribution in [0.1, 0.15) is 11.3 Å². The summed E-state index contributed by atoms with van der Waals surface area (Å²) in [5.41, 5.74) is 2.62. The molecule has 0 atom stereocenters. The molecule has 0 saturated carbocycles. The van der Waals surface area contributed by atoms with Crippen LogP contribution in [-0.2, 0) is 13.0 Å². The lowest BCUT2D eigenvalue weighted by molar-refractivity contribution is 0.627. The standard InChI is InChI=1S/C8H10N2.ClH/c1-2-7-3-5-9-6-8(7)10-4-1;/h1-2,4,9H,3,5-6H2;1H. The van der Waals surface area contributed by atoms with Crippen molar-refractivity contribution in [1.82, 2.24) is 10.3 Å². The van der Waals surface area contributed by atoms with E-state index in [0.29, 0.717) is 0 Å². The first-order valence-electron chi connectivity index (χ1n) is 3.60. The summed E-state index contributed by atoms with van der Waals surface area (Å²) in [6, 6.07) is 4.16. The number of pyridine rings is 1. The van der Waals surface area contributed by atoms with Crippen molar-refractivity contribution in [3.8, 4) is 0 Å². The van der Waals surface area contributed by atoms with Gasteiger partial charge in [0.2, 0.25) is 0 Å². The Morgan fingerprint density at radius 1 is 1.45 bits per heavy atom. The second kappa shape index (κ2) is 3.69. The van der Waals surface area contributed by atoms with Gasteiger partial charge in [-0.05, 0) is 24.6 Å². The zero-order valence-corrected chi connectivity index (χ0v) is 7.03. The number of hydrogen-bond donors (Lipinski definition) is 1. The van der Waals surface area contributed by atoms with Gasteiger partial charge in [0.05, 0.1) is 5.69 Å². The number of aromatic nitrogens is 1. The van der Waals surface area contributed by atoms with Crippen LogP contribution in [0, 0.1) is 0 Å². The van der Waals surface area contributed by atoms with Crippen LogP contribution in [-0.4, -0.2) is 11.5 Å². The van der Waals surface area contributed by atoms with E-state index in [0.717, 1.165) is 19.5 Å². The molecule has 60 valence electrons. The van der Waals surface area contributed by atoms with E-state index in [1.54, 1.807) is 0 Å². The third kappa shape index (κ3) is 1.70. The molecule has 1 aromatic rings. The van der Waals surface area contributed by atoms with Crippen molar-refractivity contribution >= 4 is 12.4 Å². The van der Waals surface area contributed by atoms with E-state index in [4.69, 9.17) is 0 Å². The fraction of sp³-hybridized carbons (Fsp3) is 0.375. The van der Waals surface area contributed by atoms with Gasteiger partial charge in [0.1, 0.15) is 0 Å². The predicted octanol–water partition coefficient (Wildman–Crippen LogP) is 1.15. The molecule has 0 bridgehead atoms. The van der Waals surface area contributed by atoms with Gasteiger partial charge in [-0.25, -0.2) is 0 Å².